The fourth-order valence-corrected chi connectivity index (χ4v) is 1.53. The number of nitrogens with one attached hydrogen (secondary N) is 1. The zero-order valence-corrected chi connectivity index (χ0v) is 7.03. The lowest BCUT2D eigenvalue weighted by Gasteiger charge is -1.95. The van der Waals surface area contributed by atoms with Gasteiger partial charge in [-0.2, -0.15) is 4.99 Å². The lowest BCUT2D eigenvalue weighted by atomic mass is 10.5. The molecule has 0 aromatic heterocycles. The Bertz CT molecular complexity index is 181. The van der Waals surface area contributed by atoms with Crippen molar-refractivity contribution in [1.82, 2.24) is 0 Å². The van der Waals surface area contributed by atoms with E-state index in [1.807, 2.05) is 0 Å². The molecule has 0 bridgehead atoms. The van der Waals surface area contributed by atoms with Crippen LogP contribution in [0.4, 0.5) is 0 Å². The van der Waals surface area contributed by atoms with Crippen molar-refractivity contribution in [3.63, 3.8) is 0 Å². The molecule has 1 saturated carbocycles. The summed E-state index contributed by atoms with van der Waals surface area (Å²) in [5, 5.41) is 7.47. The van der Waals surface area contributed by atoms with E-state index in [0.29, 0.717) is 0 Å². The van der Waals surface area contributed by atoms with E-state index in [0.717, 1.165) is 11.7 Å². The molecule has 5 heteroatoms. The zero-order valence-electron chi connectivity index (χ0n) is 6.21. The van der Waals surface area contributed by atoms with Gasteiger partial charge >= 0.3 is 0 Å². The number of aliphatic imine (C=N–C) groups is 1. The number of nitrogens with two attached hydrogens (primary N) is 2. The summed E-state index contributed by atoms with van der Waals surface area (Å²) >= 11 is 1.41. The minimum atomic E-state index is -0.0294. The van der Waals surface area contributed by atoms with Crippen LogP contribution in [-0.2, 0) is 0 Å². The van der Waals surface area contributed by atoms with Crippen molar-refractivity contribution in [2.75, 3.05) is 5.75 Å². The highest BCUT2D eigenvalue weighted by atomic mass is 32.2. The van der Waals surface area contributed by atoms with E-state index in [9.17, 15) is 0 Å². The highest BCUT2D eigenvalue weighted by Gasteiger charge is 2.21. The first-order chi connectivity index (χ1) is 5.18. The van der Waals surface area contributed by atoms with Crippen LogP contribution in [0.5, 0.6) is 0 Å². The Hall–Kier alpha value is -0.710. The number of thioether (sulfide) groups is 1. The van der Waals surface area contributed by atoms with Gasteiger partial charge in [0.1, 0.15) is 0 Å². The molecule has 0 spiro atoms. The van der Waals surface area contributed by atoms with Crippen molar-refractivity contribution < 1.29 is 0 Å². The molecule has 11 heavy (non-hydrogen) atoms. The number of hydrogen-bond acceptors (Lipinski definition) is 2. The molecule has 0 aromatic rings. The first-order valence-electron chi connectivity index (χ1n) is 3.49. The Morgan fingerprint density at radius 3 is 2.64 bits per heavy atom. The molecule has 0 heterocycles. The van der Waals surface area contributed by atoms with E-state index >= 15 is 0 Å². The minimum Gasteiger partial charge on any atom is -0.370 e. The molecule has 0 aliphatic heterocycles. The third-order valence-corrected chi connectivity index (χ3v) is 2.39. The van der Waals surface area contributed by atoms with Crippen LogP contribution in [0.2, 0.25) is 0 Å². The van der Waals surface area contributed by atoms with Crippen molar-refractivity contribution >= 4 is 22.9 Å². The fourth-order valence-electron chi connectivity index (χ4n) is 0.631. The average molecular weight is 172 g/mol. The Morgan fingerprint density at radius 1 is 1.55 bits per heavy atom. The highest BCUT2D eigenvalue weighted by Crippen LogP contribution is 2.32. The summed E-state index contributed by atoms with van der Waals surface area (Å²) in [4.78, 5) is 3.60. The Morgan fingerprint density at radius 2 is 2.18 bits per heavy atom. The van der Waals surface area contributed by atoms with Crippen molar-refractivity contribution in [3.05, 3.63) is 0 Å². The van der Waals surface area contributed by atoms with Gasteiger partial charge in [-0.15, -0.1) is 0 Å². The van der Waals surface area contributed by atoms with Crippen molar-refractivity contribution in [1.29, 1.82) is 5.41 Å². The van der Waals surface area contributed by atoms with E-state index in [4.69, 9.17) is 16.9 Å². The fraction of sp³-hybridized carbons (Fsp3) is 0.667. The van der Waals surface area contributed by atoms with Crippen LogP contribution < -0.4 is 11.5 Å². The molecule has 1 aliphatic carbocycles. The predicted octanol–water partition coefficient (Wildman–Crippen LogP) is 0.338. The highest BCUT2D eigenvalue weighted by molar-refractivity contribution is 8.13. The summed E-state index contributed by atoms with van der Waals surface area (Å²) in [6, 6.07) is 0. The van der Waals surface area contributed by atoms with Crippen LogP contribution in [0.1, 0.15) is 12.8 Å². The maximum atomic E-state index is 7.26. The first kappa shape index (κ1) is 8.39. The SMILES string of the molecule is N=C(N=C(N)N)SCC1CC1. The molecule has 62 valence electrons. The molecule has 0 amide bonds. The number of nitrogens with zero attached hydrogens (tertiary/aromatic N) is 1. The minimum absolute atomic E-state index is 0.0294. The van der Waals surface area contributed by atoms with Crippen molar-refractivity contribution in [2.24, 2.45) is 22.4 Å². The molecule has 0 saturated heterocycles. The second-order valence-electron chi connectivity index (χ2n) is 2.60. The molecule has 0 radical (unpaired) electrons. The van der Waals surface area contributed by atoms with Crippen LogP contribution in [0.3, 0.4) is 0 Å². The molecular formula is C6H12N4S. The van der Waals surface area contributed by atoms with Crippen LogP contribution in [0, 0.1) is 11.3 Å². The van der Waals surface area contributed by atoms with Gasteiger partial charge in [-0.05, 0) is 18.8 Å². The standard InChI is InChI=1S/C6H12N4S/c7-5(8)10-6(9)11-3-4-1-2-4/h4H,1-3H2,(H5,7,8,9,10). The van der Waals surface area contributed by atoms with Crippen LogP contribution in [0.25, 0.3) is 0 Å². The summed E-state index contributed by atoms with van der Waals surface area (Å²) in [6.45, 7) is 0. The Balaban J connectivity index is 2.14. The van der Waals surface area contributed by atoms with Gasteiger partial charge in [0, 0.05) is 5.75 Å². The predicted molar refractivity (Wildman–Crippen MR) is 48.7 cm³/mol. The molecular weight excluding hydrogens is 160 g/mol. The topological polar surface area (TPSA) is 88.2 Å². The quantitative estimate of drug-likeness (QED) is 0.414. The molecule has 5 N–H and O–H groups in total. The van der Waals surface area contributed by atoms with E-state index in [1.54, 1.807) is 0 Å². The van der Waals surface area contributed by atoms with Crippen molar-refractivity contribution in [3.8, 4) is 0 Å². The molecule has 1 aliphatic rings. The maximum Gasteiger partial charge on any atom is 0.193 e. The lowest BCUT2D eigenvalue weighted by Crippen LogP contribution is -2.23. The smallest absolute Gasteiger partial charge is 0.193 e. The molecule has 0 atom stereocenters. The van der Waals surface area contributed by atoms with Gasteiger partial charge in [0.15, 0.2) is 11.1 Å². The summed E-state index contributed by atoms with van der Waals surface area (Å²) in [5.74, 6) is 1.75. The molecule has 0 aromatic carbocycles. The summed E-state index contributed by atoms with van der Waals surface area (Å²) in [5.41, 5.74) is 10.2. The summed E-state index contributed by atoms with van der Waals surface area (Å²) in [7, 11) is 0. The largest absolute Gasteiger partial charge is 0.370 e. The Labute approximate surface area is 69.9 Å². The molecule has 1 fully saturated rings. The third kappa shape index (κ3) is 3.87. The first-order valence-corrected chi connectivity index (χ1v) is 4.48. The van der Waals surface area contributed by atoms with Crippen LogP contribution in [-0.4, -0.2) is 16.9 Å². The van der Waals surface area contributed by atoms with Crippen LogP contribution in [0.15, 0.2) is 4.99 Å². The Kier molecular flexibility index (Phi) is 2.76. The van der Waals surface area contributed by atoms with Crippen LogP contribution >= 0.6 is 11.8 Å². The van der Waals surface area contributed by atoms with Gasteiger partial charge < -0.3 is 11.5 Å². The van der Waals surface area contributed by atoms with Gasteiger partial charge in [-0.25, -0.2) is 0 Å². The van der Waals surface area contributed by atoms with Gasteiger partial charge in [0.25, 0.3) is 0 Å². The van der Waals surface area contributed by atoms with E-state index < -0.39 is 0 Å². The van der Waals surface area contributed by atoms with E-state index in [2.05, 4.69) is 4.99 Å². The monoisotopic (exact) mass is 172 g/mol. The number of hydrogen-bond donors (Lipinski definition) is 3. The molecule has 1 rings (SSSR count). The number of guanidine groups is 1. The summed E-state index contributed by atoms with van der Waals surface area (Å²) in [6.07, 6.45) is 2.59. The summed E-state index contributed by atoms with van der Waals surface area (Å²) < 4.78 is 0. The van der Waals surface area contributed by atoms with Crippen molar-refractivity contribution in [2.45, 2.75) is 12.8 Å². The second kappa shape index (κ2) is 3.61. The normalized spacial score (nSPS) is 16.0. The molecule has 4 nitrogen and oxygen atoms in total. The number of amidine groups is 1. The number of rotatable bonds is 2. The lowest BCUT2D eigenvalue weighted by molar-refractivity contribution is 1.00. The van der Waals surface area contributed by atoms with Gasteiger partial charge in [0.05, 0.1) is 0 Å². The maximum absolute atomic E-state index is 7.26. The van der Waals surface area contributed by atoms with Gasteiger partial charge in [-0.1, -0.05) is 11.8 Å². The van der Waals surface area contributed by atoms with Gasteiger partial charge in [0.2, 0.25) is 0 Å². The van der Waals surface area contributed by atoms with E-state index in [1.165, 1.54) is 24.6 Å². The van der Waals surface area contributed by atoms with E-state index in [-0.39, 0.29) is 11.1 Å². The second-order valence-corrected chi connectivity index (χ2v) is 3.60. The zero-order chi connectivity index (χ0) is 8.27. The average Bonchev–Trinajstić information content (AvgIpc) is 2.63. The molecule has 0 unspecified atom stereocenters. The van der Waals surface area contributed by atoms with Gasteiger partial charge in [-0.3, -0.25) is 5.41 Å². The third-order valence-electron chi connectivity index (χ3n) is 1.38.